The van der Waals surface area contributed by atoms with Crippen molar-refractivity contribution < 1.29 is 4.79 Å². The second kappa shape index (κ2) is 8.05. The molecule has 0 aliphatic carbocycles. The standard InChI is InChI=1S/C17H23NOS/c1-12(10-16-7-6-8-18-15(16)4)9-13(2)17(19)14(3)11-20-5/h6-8,10-11,13H,9H2,1-5H3. The lowest BCUT2D eigenvalue weighted by Crippen LogP contribution is -2.12. The van der Waals surface area contributed by atoms with Gasteiger partial charge in [-0.25, -0.2) is 0 Å². The first kappa shape index (κ1) is 16.7. The number of hydrogen-bond donors (Lipinski definition) is 0. The number of carbonyl (C=O) groups is 1. The molecule has 20 heavy (non-hydrogen) atoms. The average Bonchev–Trinajstić information content (AvgIpc) is 2.40. The zero-order chi connectivity index (χ0) is 15.1. The molecule has 0 aliphatic heterocycles. The minimum atomic E-state index is 0.0200. The summed E-state index contributed by atoms with van der Waals surface area (Å²) in [5.41, 5.74) is 4.19. The predicted octanol–water partition coefficient (Wildman–Crippen LogP) is 4.66. The fraction of sp³-hybridized carbons (Fsp3) is 0.412. The van der Waals surface area contributed by atoms with E-state index in [1.165, 1.54) is 5.57 Å². The Morgan fingerprint density at radius 3 is 2.75 bits per heavy atom. The lowest BCUT2D eigenvalue weighted by Gasteiger charge is -2.11. The molecule has 0 aliphatic rings. The number of rotatable bonds is 6. The van der Waals surface area contributed by atoms with E-state index in [4.69, 9.17) is 0 Å². The monoisotopic (exact) mass is 289 g/mol. The van der Waals surface area contributed by atoms with Crippen LogP contribution in [0, 0.1) is 12.8 Å². The number of aryl methyl sites for hydroxylation is 1. The van der Waals surface area contributed by atoms with Crippen molar-refractivity contribution in [3.05, 3.63) is 46.1 Å². The molecular weight excluding hydrogens is 266 g/mol. The predicted molar refractivity (Wildman–Crippen MR) is 88.7 cm³/mol. The Hall–Kier alpha value is -1.35. The van der Waals surface area contributed by atoms with Crippen LogP contribution in [0.4, 0.5) is 0 Å². The first-order valence-electron chi connectivity index (χ1n) is 6.78. The highest BCUT2D eigenvalue weighted by Crippen LogP contribution is 2.19. The second-order valence-corrected chi connectivity index (χ2v) is 5.88. The van der Waals surface area contributed by atoms with Crippen molar-refractivity contribution in [3.63, 3.8) is 0 Å². The maximum absolute atomic E-state index is 12.2. The third-order valence-electron chi connectivity index (χ3n) is 3.21. The number of pyridine rings is 1. The first-order chi connectivity index (χ1) is 9.45. The SMILES string of the molecule is CSC=C(C)C(=O)C(C)CC(C)=Cc1cccnc1C. The third-order valence-corrected chi connectivity index (χ3v) is 3.80. The number of thioether (sulfide) groups is 1. The summed E-state index contributed by atoms with van der Waals surface area (Å²) in [5, 5.41) is 1.92. The van der Waals surface area contributed by atoms with Crippen LogP contribution in [0.5, 0.6) is 0 Å². The van der Waals surface area contributed by atoms with Crippen molar-refractivity contribution >= 4 is 23.6 Å². The zero-order valence-electron chi connectivity index (χ0n) is 12.9. The van der Waals surface area contributed by atoms with Gasteiger partial charge in [-0.2, -0.15) is 0 Å². The minimum absolute atomic E-state index is 0.0200. The molecule has 1 atom stereocenters. The largest absolute Gasteiger partial charge is 0.294 e. The molecule has 3 heteroatoms. The molecule has 0 amide bonds. The van der Waals surface area contributed by atoms with Crippen molar-refractivity contribution in [1.29, 1.82) is 0 Å². The maximum Gasteiger partial charge on any atom is 0.162 e. The van der Waals surface area contributed by atoms with Crippen LogP contribution >= 0.6 is 11.8 Å². The van der Waals surface area contributed by atoms with E-state index in [2.05, 4.69) is 24.1 Å². The van der Waals surface area contributed by atoms with Crippen LogP contribution in [0.1, 0.15) is 38.4 Å². The Bertz CT molecular complexity index is 532. The Morgan fingerprint density at radius 2 is 2.15 bits per heavy atom. The molecule has 0 radical (unpaired) electrons. The third kappa shape index (κ3) is 4.97. The van der Waals surface area contributed by atoms with Gasteiger partial charge in [0.2, 0.25) is 0 Å². The molecule has 2 nitrogen and oxygen atoms in total. The van der Waals surface area contributed by atoms with Gasteiger partial charge in [-0.15, -0.1) is 11.8 Å². The smallest absolute Gasteiger partial charge is 0.162 e. The summed E-state index contributed by atoms with van der Waals surface area (Å²) in [6.45, 7) is 7.95. The minimum Gasteiger partial charge on any atom is -0.294 e. The van der Waals surface area contributed by atoms with E-state index in [1.54, 1.807) is 18.0 Å². The van der Waals surface area contributed by atoms with E-state index in [0.717, 1.165) is 23.3 Å². The van der Waals surface area contributed by atoms with Crippen LogP contribution in [0.3, 0.4) is 0 Å². The number of Topliss-reactive ketones (excluding diaryl/α,β-unsaturated/α-hetero) is 1. The molecule has 1 heterocycles. The van der Waals surface area contributed by atoms with E-state index in [-0.39, 0.29) is 11.7 Å². The molecular formula is C17H23NOS. The molecule has 0 spiro atoms. The topological polar surface area (TPSA) is 30.0 Å². The van der Waals surface area contributed by atoms with Gasteiger partial charge in [-0.3, -0.25) is 9.78 Å². The van der Waals surface area contributed by atoms with Crippen LogP contribution < -0.4 is 0 Å². The Morgan fingerprint density at radius 1 is 1.45 bits per heavy atom. The second-order valence-electron chi connectivity index (χ2n) is 5.17. The molecule has 0 saturated carbocycles. The molecule has 0 bridgehead atoms. The lowest BCUT2D eigenvalue weighted by molar-refractivity contribution is -0.118. The highest BCUT2D eigenvalue weighted by Gasteiger charge is 2.15. The maximum atomic E-state index is 12.2. The first-order valence-corrected chi connectivity index (χ1v) is 8.07. The molecule has 0 aromatic carbocycles. The van der Waals surface area contributed by atoms with Crippen LogP contribution in [-0.4, -0.2) is 17.0 Å². The summed E-state index contributed by atoms with van der Waals surface area (Å²) in [6, 6.07) is 3.99. The summed E-state index contributed by atoms with van der Waals surface area (Å²) in [6.07, 6.45) is 6.68. The molecule has 0 saturated heterocycles. The summed E-state index contributed by atoms with van der Waals surface area (Å²) < 4.78 is 0. The lowest BCUT2D eigenvalue weighted by atomic mass is 9.93. The van der Waals surface area contributed by atoms with Gasteiger partial charge in [0.25, 0.3) is 0 Å². The number of ketones is 1. The van der Waals surface area contributed by atoms with E-state index in [9.17, 15) is 4.79 Å². The molecule has 0 fully saturated rings. The fourth-order valence-corrected chi connectivity index (χ4v) is 2.64. The number of nitrogens with zero attached hydrogens (tertiary/aromatic N) is 1. The van der Waals surface area contributed by atoms with Crippen LogP contribution in [0.25, 0.3) is 6.08 Å². The van der Waals surface area contributed by atoms with E-state index in [0.29, 0.717) is 0 Å². The van der Waals surface area contributed by atoms with Gasteiger partial charge in [-0.05, 0) is 56.1 Å². The normalized spacial score (nSPS) is 14.2. The van der Waals surface area contributed by atoms with Gasteiger partial charge in [-0.1, -0.05) is 24.6 Å². The number of allylic oxidation sites excluding steroid dienone is 2. The number of hydrogen-bond acceptors (Lipinski definition) is 3. The van der Waals surface area contributed by atoms with Crippen molar-refractivity contribution in [2.45, 2.75) is 34.1 Å². The van der Waals surface area contributed by atoms with Gasteiger partial charge >= 0.3 is 0 Å². The molecule has 1 aromatic rings. The average molecular weight is 289 g/mol. The van der Waals surface area contributed by atoms with Crippen molar-refractivity contribution in [2.75, 3.05) is 6.26 Å². The van der Waals surface area contributed by atoms with Crippen LogP contribution in [0.2, 0.25) is 0 Å². The van der Waals surface area contributed by atoms with Gasteiger partial charge in [0.1, 0.15) is 0 Å². The highest BCUT2D eigenvalue weighted by molar-refractivity contribution is 8.01. The highest BCUT2D eigenvalue weighted by atomic mass is 32.2. The Kier molecular flexibility index (Phi) is 6.73. The summed E-state index contributed by atoms with van der Waals surface area (Å²) in [4.78, 5) is 16.4. The Balaban J connectivity index is 2.76. The molecule has 0 N–H and O–H groups in total. The van der Waals surface area contributed by atoms with Gasteiger partial charge in [0.15, 0.2) is 5.78 Å². The van der Waals surface area contributed by atoms with Gasteiger partial charge < -0.3 is 0 Å². The van der Waals surface area contributed by atoms with Crippen molar-refractivity contribution in [1.82, 2.24) is 4.98 Å². The summed E-state index contributed by atoms with van der Waals surface area (Å²) in [5.74, 6) is 0.252. The van der Waals surface area contributed by atoms with Crippen molar-refractivity contribution in [2.24, 2.45) is 5.92 Å². The molecule has 108 valence electrons. The van der Waals surface area contributed by atoms with Gasteiger partial charge in [0, 0.05) is 17.8 Å². The zero-order valence-corrected chi connectivity index (χ0v) is 13.8. The molecule has 1 rings (SSSR count). The number of aromatic nitrogens is 1. The van der Waals surface area contributed by atoms with E-state index in [1.807, 2.05) is 38.5 Å². The quantitative estimate of drug-likeness (QED) is 0.714. The fourth-order valence-electron chi connectivity index (χ4n) is 2.17. The van der Waals surface area contributed by atoms with E-state index >= 15 is 0 Å². The van der Waals surface area contributed by atoms with E-state index < -0.39 is 0 Å². The van der Waals surface area contributed by atoms with Crippen LogP contribution in [-0.2, 0) is 4.79 Å². The van der Waals surface area contributed by atoms with Crippen molar-refractivity contribution in [3.8, 4) is 0 Å². The van der Waals surface area contributed by atoms with Crippen LogP contribution in [0.15, 0.2) is 34.9 Å². The molecule has 1 aromatic heterocycles. The summed E-state index contributed by atoms with van der Waals surface area (Å²) >= 11 is 1.57. The Labute approximate surface area is 126 Å². The van der Waals surface area contributed by atoms with Gasteiger partial charge in [0.05, 0.1) is 0 Å². The number of carbonyl (C=O) groups excluding carboxylic acids is 1. The summed E-state index contributed by atoms with van der Waals surface area (Å²) in [7, 11) is 0. The molecule has 1 unspecified atom stereocenters.